The molecular weight excluding hydrogens is 320 g/mol. The molecule has 1 aliphatic carbocycles. The van der Waals surface area contributed by atoms with E-state index in [-0.39, 0.29) is 24.2 Å². The van der Waals surface area contributed by atoms with Gasteiger partial charge in [0.2, 0.25) is 0 Å². The Hall–Kier alpha value is -2.58. The highest BCUT2D eigenvalue weighted by molar-refractivity contribution is 5.64. The third-order valence-electron chi connectivity index (χ3n) is 4.95. The lowest BCUT2D eigenvalue weighted by molar-refractivity contribution is 0.0711. The van der Waals surface area contributed by atoms with Gasteiger partial charge in [0.1, 0.15) is 5.69 Å². The van der Waals surface area contributed by atoms with Crippen molar-refractivity contribution in [2.75, 3.05) is 18.0 Å². The molecule has 0 amide bonds. The van der Waals surface area contributed by atoms with Crippen LogP contribution >= 0.6 is 0 Å². The quantitative estimate of drug-likeness (QED) is 0.856. The smallest absolute Gasteiger partial charge is 0.325 e. The van der Waals surface area contributed by atoms with Crippen molar-refractivity contribution in [2.24, 2.45) is 5.41 Å². The predicted molar refractivity (Wildman–Crippen MR) is 82.3 cm³/mol. The number of rotatable bonds is 2. The number of halogens is 2. The topological polar surface area (TPSA) is 94.7 Å². The summed E-state index contributed by atoms with van der Waals surface area (Å²) in [4.78, 5) is 29.4. The van der Waals surface area contributed by atoms with Crippen molar-refractivity contribution < 1.29 is 8.78 Å². The van der Waals surface area contributed by atoms with Crippen LogP contribution in [0.15, 0.2) is 21.9 Å². The summed E-state index contributed by atoms with van der Waals surface area (Å²) in [5.74, 6) is -2.59. The van der Waals surface area contributed by atoms with Gasteiger partial charge in [-0.3, -0.25) is 9.78 Å². The first-order valence-corrected chi connectivity index (χ1v) is 7.61. The normalized spacial score (nSPS) is 24.5. The summed E-state index contributed by atoms with van der Waals surface area (Å²) in [5, 5.41) is 8.03. The summed E-state index contributed by atoms with van der Waals surface area (Å²) in [6.07, 6.45) is 1.64. The van der Waals surface area contributed by atoms with E-state index in [2.05, 4.69) is 20.2 Å². The average molecular weight is 335 g/mol. The molecule has 24 heavy (non-hydrogen) atoms. The molecule has 1 unspecified atom stereocenters. The van der Waals surface area contributed by atoms with Gasteiger partial charge in [-0.2, -0.15) is 5.10 Å². The molecule has 126 valence electrons. The Morgan fingerprint density at radius 2 is 2.04 bits per heavy atom. The van der Waals surface area contributed by atoms with Crippen LogP contribution in [0.1, 0.15) is 18.5 Å². The summed E-state index contributed by atoms with van der Waals surface area (Å²) in [7, 11) is 0. The van der Waals surface area contributed by atoms with Gasteiger partial charge >= 0.3 is 5.69 Å². The van der Waals surface area contributed by atoms with Gasteiger partial charge in [0.25, 0.3) is 11.5 Å². The third-order valence-corrected chi connectivity index (χ3v) is 4.95. The summed E-state index contributed by atoms with van der Waals surface area (Å²) >= 11 is 0. The number of alkyl halides is 2. The molecule has 0 radical (unpaired) electrons. The molecule has 1 saturated carbocycles. The van der Waals surface area contributed by atoms with E-state index in [0.29, 0.717) is 24.3 Å². The van der Waals surface area contributed by atoms with Crippen LogP contribution in [0.25, 0.3) is 11.3 Å². The Morgan fingerprint density at radius 3 is 2.67 bits per heavy atom. The zero-order valence-electron chi connectivity index (χ0n) is 12.9. The van der Waals surface area contributed by atoms with Crippen molar-refractivity contribution in [1.29, 1.82) is 0 Å². The Morgan fingerprint density at radius 1 is 1.29 bits per heavy atom. The lowest BCUT2D eigenvalue weighted by Crippen LogP contribution is -2.25. The molecule has 1 atom stereocenters. The maximum absolute atomic E-state index is 13.6. The fourth-order valence-electron chi connectivity index (χ4n) is 3.40. The molecule has 0 bridgehead atoms. The van der Waals surface area contributed by atoms with Crippen molar-refractivity contribution in [3.63, 3.8) is 0 Å². The van der Waals surface area contributed by atoms with Crippen molar-refractivity contribution in [3.8, 4) is 11.3 Å². The first-order chi connectivity index (χ1) is 11.3. The largest absolute Gasteiger partial charge is 0.369 e. The second-order valence-corrected chi connectivity index (χ2v) is 6.52. The lowest BCUT2D eigenvalue weighted by Gasteiger charge is -2.20. The van der Waals surface area contributed by atoms with Crippen molar-refractivity contribution in [1.82, 2.24) is 20.2 Å². The SMILES string of the molecule is Cc1nnc(-c2c[nH]c(=O)[nH]c2=O)cc1N1CCC2(C1)CC2(F)F. The number of aryl methyl sites for hydroxylation is 1. The molecule has 1 spiro atoms. The Labute approximate surface area is 134 Å². The van der Waals surface area contributed by atoms with Crippen LogP contribution in [0.2, 0.25) is 0 Å². The first kappa shape index (κ1) is 15.0. The van der Waals surface area contributed by atoms with Gasteiger partial charge in [0.15, 0.2) is 0 Å². The molecule has 0 aromatic carbocycles. The number of aromatic amines is 2. The van der Waals surface area contributed by atoms with E-state index in [9.17, 15) is 18.4 Å². The number of anilines is 1. The summed E-state index contributed by atoms with van der Waals surface area (Å²) in [5.41, 5.74) is -0.342. The zero-order valence-corrected chi connectivity index (χ0v) is 12.9. The van der Waals surface area contributed by atoms with E-state index in [1.165, 1.54) is 6.20 Å². The highest BCUT2D eigenvalue weighted by Crippen LogP contribution is 2.65. The molecule has 2 N–H and O–H groups in total. The van der Waals surface area contributed by atoms with E-state index < -0.39 is 22.6 Å². The molecule has 2 fully saturated rings. The van der Waals surface area contributed by atoms with Crippen LogP contribution in [0.5, 0.6) is 0 Å². The standard InChI is InChI=1S/C15H15F2N5O2/c1-8-11(22-3-2-14(7-22)6-15(14,16)17)4-10(21-20-8)9-5-18-13(24)19-12(9)23/h4-5H,2-3,6-7H2,1H3,(H2,18,19,23,24). The van der Waals surface area contributed by atoms with Crippen molar-refractivity contribution in [3.05, 3.63) is 38.8 Å². The lowest BCUT2D eigenvalue weighted by atomic mass is 10.1. The highest BCUT2D eigenvalue weighted by atomic mass is 19.3. The third kappa shape index (κ3) is 2.15. The molecule has 9 heteroatoms. The second-order valence-electron chi connectivity index (χ2n) is 6.52. The van der Waals surface area contributed by atoms with Crippen molar-refractivity contribution >= 4 is 5.69 Å². The average Bonchev–Trinajstić information content (AvgIpc) is 2.85. The van der Waals surface area contributed by atoms with Gasteiger partial charge in [0.05, 0.1) is 22.4 Å². The molecule has 4 rings (SSSR count). The van der Waals surface area contributed by atoms with Crippen LogP contribution in [-0.2, 0) is 0 Å². The van der Waals surface area contributed by atoms with E-state index >= 15 is 0 Å². The van der Waals surface area contributed by atoms with E-state index in [1.54, 1.807) is 13.0 Å². The maximum Gasteiger partial charge on any atom is 0.325 e. The molecule has 3 heterocycles. The summed E-state index contributed by atoms with van der Waals surface area (Å²) in [6, 6.07) is 1.66. The Balaban J connectivity index is 1.70. The van der Waals surface area contributed by atoms with Gasteiger partial charge < -0.3 is 9.88 Å². The minimum Gasteiger partial charge on any atom is -0.369 e. The number of hydrogen-bond acceptors (Lipinski definition) is 5. The van der Waals surface area contributed by atoms with Gasteiger partial charge in [-0.05, 0) is 19.4 Å². The minimum absolute atomic E-state index is 0.0689. The van der Waals surface area contributed by atoms with E-state index in [1.807, 2.05) is 4.90 Å². The molecule has 7 nitrogen and oxygen atoms in total. The van der Waals surface area contributed by atoms with Crippen LogP contribution < -0.4 is 16.1 Å². The Bertz CT molecular complexity index is 938. The first-order valence-electron chi connectivity index (χ1n) is 7.61. The number of aromatic nitrogens is 4. The summed E-state index contributed by atoms with van der Waals surface area (Å²) in [6.45, 7) is 2.54. The van der Waals surface area contributed by atoms with Gasteiger partial charge in [0, 0.05) is 25.7 Å². The Kier molecular flexibility index (Phi) is 2.94. The van der Waals surface area contributed by atoms with Crippen LogP contribution in [0.4, 0.5) is 14.5 Å². The van der Waals surface area contributed by atoms with Crippen LogP contribution in [-0.4, -0.2) is 39.2 Å². The van der Waals surface area contributed by atoms with Gasteiger partial charge in [-0.25, -0.2) is 13.6 Å². The fraction of sp³-hybridized carbons (Fsp3) is 0.467. The molecule has 2 aromatic rings. The molecule has 2 aliphatic rings. The van der Waals surface area contributed by atoms with Crippen molar-refractivity contribution in [2.45, 2.75) is 25.7 Å². The fourth-order valence-corrected chi connectivity index (χ4v) is 3.40. The van der Waals surface area contributed by atoms with E-state index in [4.69, 9.17) is 0 Å². The van der Waals surface area contributed by atoms with Crippen LogP contribution in [0, 0.1) is 12.3 Å². The second kappa shape index (κ2) is 4.71. The molecule has 1 aliphatic heterocycles. The molecule has 2 aromatic heterocycles. The van der Waals surface area contributed by atoms with E-state index in [0.717, 1.165) is 0 Å². The molecular formula is C15H15F2N5O2. The number of nitrogens with zero attached hydrogens (tertiary/aromatic N) is 3. The summed E-state index contributed by atoms with van der Waals surface area (Å²) < 4.78 is 27.2. The minimum atomic E-state index is -2.59. The predicted octanol–water partition coefficient (Wildman–Crippen LogP) is 1.06. The molecule has 1 saturated heterocycles. The monoisotopic (exact) mass is 335 g/mol. The maximum atomic E-state index is 13.6. The van der Waals surface area contributed by atoms with Crippen LogP contribution in [0.3, 0.4) is 0 Å². The number of H-pyrrole nitrogens is 2. The number of nitrogens with one attached hydrogen (secondary N) is 2. The van der Waals surface area contributed by atoms with Gasteiger partial charge in [-0.1, -0.05) is 0 Å². The number of hydrogen-bond donors (Lipinski definition) is 2. The van der Waals surface area contributed by atoms with Gasteiger partial charge in [-0.15, -0.1) is 5.10 Å². The zero-order chi connectivity index (χ0) is 17.1. The highest BCUT2D eigenvalue weighted by Gasteiger charge is 2.72.